The van der Waals surface area contributed by atoms with E-state index in [0.717, 1.165) is 27.2 Å². The Kier molecular flexibility index (Phi) is 4.20. The van der Waals surface area contributed by atoms with Gasteiger partial charge < -0.3 is 0 Å². The van der Waals surface area contributed by atoms with Crippen LogP contribution >= 0.6 is 27.3 Å². The minimum Gasteiger partial charge on any atom is -0.258 e. The molecule has 6 heteroatoms. The second kappa shape index (κ2) is 5.54. The lowest BCUT2D eigenvalue weighted by atomic mass is 9.94. The molecule has 2 aromatic rings. The zero-order chi connectivity index (χ0) is 14.2. The van der Waals surface area contributed by atoms with Gasteiger partial charge in [0, 0.05) is 22.4 Å². The number of thiazole rings is 1. The molecule has 0 fully saturated rings. The standard InChI is InChI=1S/C13H15BrN2O2S/c1-4-10(14)7(2)9-5-11-13(19-8(3)15-11)6-12(9)16(17)18/h5-7,10H,4H2,1-3H3. The molecule has 0 bridgehead atoms. The van der Waals surface area contributed by atoms with Crippen LogP contribution in [-0.4, -0.2) is 14.7 Å². The van der Waals surface area contributed by atoms with Crippen LogP contribution in [0.15, 0.2) is 12.1 Å². The molecular weight excluding hydrogens is 328 g/mol. The van der Waals surface area contributed by atoms with Crippen LogP contribution in [0.3, 0.4) is 0 Å². The van der Waals surface area contributed by atoms with Crippen molar-refractivity contribution < 1.29 is 4.92 Å². The number of aryl methyl sites for hydroxylation is 1. The molecule has 2 unspecified atom stereocenters. The topological polar surface area (TPSA) is 56.0 Å². The molecule has 0 radical (unpaired) electrons. The van der Waals surface area contributed by atoms with E-state index < -0.39 is 0 Å². The van der Waals surface area contributed by atoms with Gasteiger partial charge in [-0.1, -0.05) is 29.8 Å². The van der Waals surface area contributed by atoms with E-state index in [0.29, 0.717) is 0 Å². The normalized spacial score (nSPS) is 14.5. The van der Waals surface area contributed by atoms with Crippen LogP contribution in [0.5, 0.6) is 0 Å². The van der Waals surface area contributed by atoms with Gasteiger partial charge in [0.1, 0.15) is 0 Å². The first-order valence-electron chi connectivity index (χ1n) is 6.13. The Labute approximate surface area is 124 Å². The minimum atomic E-state index is -0.296. The van der Waals surface area contributed by atoms with Crippen LogP contribution in [0.1, 0.15) is 36.8 Å². The van der Waals surface area contributed by atoms with E-state index in [1.165, 1.54) is 11.3 Å². The van der Waals surface area contributed by atoms with Gasteiger partial charge in [0.15, 0.2) is 0 Å². The van der Waals surface area contributed by atoms with Crippen molar-refractivity contribution >= 4 is 43.2 Å². The summed E-state index contributed by atoms with van der Waals surface area (Å²) in [6.45, 7) is 5.99. The highest BCUT2D eigenvalue weighted by Crippen LogP contribution is 2.37. The Morgan fingerprint density at radius 2 is 2.21 bits per heavy atom. The molecule has 1 heterocycles. The van der Waals surface area contributed by atoms with Gasteiger partial charge in [-0.25, -0.2) is 4.98 Å². The van der Waals surface area contributed by atoms with Gasteiger partial charge in [0.05, 0.1) is 20.1 Å². The van der Waals surface area contributed by atoms with Crippen LogP contribution in [0, 0.1) is 17.0 Å². The third-order valence-corrected chi connectivity index (χ3v) is 5.64. The number of aromatic nitrogens is 1. The predicted octanol–water partition coefficient (Wildman–Crippen LogP) is 4.79. The molecule has 19 heavy (non-hydrogen) atoms. The predicted molar refractivity (Wildman–Crippen MR) is 82.4 cm³/mol. The summed E-state index contributed by atoms with van der Waals surface area (Å²) in [7, 11) is 0. The molecule has 0 aliphatic heterocycles. The first-order chi connectivity index (χ1) is 8.93. The summed E-state index contributed by atoms with van der Waals surface area (Å²) >= 11 is 5.08. The number of rotatable bonds is 4. The second-order valence-corrected chi connectivity index (χ2v) is 6.99. The number of nitrogens with zero attached hydrogens (tertiary/aromatic N) is 2. The summed E-state index contributed by atoms with van der Waals surface area (Å²) in [5, 5.41) is 12.2. The third-order valence-electron chi connectivity index (χ3n) is 3.26. The molecule has 4 nitrogen and oxygen atoms in total. The number of alkyl halides is 1. The van der Waals surface area contributed by atoms with Crippen LogP contribution in [0.2, 0.25) is 0 Å². The Balaban J connectivity index is 2.62. The molecule has 0 amide bonds. The molecule has 0 aliphatic carbocycles. The molecule has 0 N–H and O–H groups in total. The zero-order valence-corrected chi connectivity index (χ0v) is 13.4. The quantitative estimate of drug-likeness (QED) is 0.456. The molecule has 0 aliphatic rings. The van der Waals surface area contributed by atoms with Crippen molar-refractivity contribution in [1.29, 1.82) is 0 Å². The fraction of sp³-hybridized carbons (Fsp3) is 0.462. The van der Waals surface area contributed by atoms with Gasteiger partial charge in [-0.3, -0.25) is 10.1 Å². The highest BCUT2D eigenvalue weighted by atomic mass is 79.9. The number of hydrogen-bond acceptors (Lipinski definition) is 4. The van der Waals surface area contributed by atoms with Crippen molar-refractivity contribution in [1.82, 2.24) is 4.98 Å². The van der Waals surface area contributed by atoms with E-state index >= 15 is 0 Å². The molecule has 2 rings (SSSR count). The average Bonchev–Trinajstić information content (AvgIpc) is 2.74. The van der Waals surface area contributed by atoms with Crippen molar-refractivity contribution in [2.45, 2.75) is 37.9 Å². The van der Waals surface area contributed by atoms with E-state index in [2.05, 4.69) is 27.8 Å². The Morgan fingerprint density at radius 3 is 2.79 bits per heavy atom. The first-order valence-corrected chi connectivity index (χ1v) is 7.86. The van der Waals surface area contributed by atoms with Crippen LogP contribution in [-0.2, 0) is 0 Å². The lowest BCUT2D eigenvalue weighted by Gasteiger charge is -2.17. The van der Waals surface area contributed by atoms with Gasteiger partial charge in [-0.05, 0) is 19.4 Å². The Morgan fingerprint density at radius 1 is 1.53 bits per heavy atom. The second-order valence-electron chi connectivity index (χ2n) is 4.58. The lowest BCUT2D eigenvalue weighted by Crippen LogP contribution is -2.10. The third kappa shape index (κ3) is 2.79. The average molecular weight is 343 g/mol. The maximum atomic E-state index is 11.3. The Hall–Kier alpha value is -1.01. The molecule has 102 valence electrons. The fourth-order valence-corrected chi connectivity index (χ4v) is 3.29. The van der Waals surface area contributed by atoms with Crippen LogP contribution in [0.4, 0.5) is 5.69 Å². The summed E-state index contributed by atoms with van der Waals surface area (Å²) in [4.78, 5) is 15.6. The largest absolute Gasteiger partial charge is 0.274 e. The van der Waals surface area contributed by atoms with Gasteiger partial charge in [0.2, 0.25) is 0 Å². The Bertz CT molecular complexity index is 626. The van der Waals surface area contributed by atoms with Gasteiger partial charge in [-0.15, -0.1) is 11.3 Å². The van der Waals surface area contributed by atoms with Crippen LogP contribution in [0.25, 0.3) is 10.2 Å². The fourth-order valence-electron chi connectivity index (χ4n) is 2.17. The number of hydrogen-bond donors (Lipinski definition) is 0. The van der Waals surface area contributed by atoms with Crippen molar-refractivity contribution in [3.05, 3.63) is 32.8 Å². The maximum absolute atomic E-state index is 11.3. The van der Waals surface area contributed by atoms with Crippen molar-refractivity contribution in [3.8, 4) is 0 Å². The number of fused-ring (bicyclic) bond motifs is 1. The summed E-state index contributed by atoms with van der Waals surface area (Å²) in [5.41, 5.74) is 1.80. The molecule has 0 saturated heterocycles. The van der Waals surface area contributed by atoms with Gasteiger partial charge in [0.25, 0.3) is 5.69 Å². The van der Waals surface area contributed by atoms with Crippen molar-refractivity contribution in [2.24, 2.45) is 0 Å². The van der Waals surface area contributed by atoms with E-state index in [-0.39, 0.29) is 21.4 Å². The van der Waals surface area contributed by atoms with E-state index in [1.54, 1.807) is 6.07 Å². The molecule has 0 saturated carbocycles. The smallest absolute Gasteiger partial charge is 0.258 e. The van der Waals surface area contributed by atoms with Gasteiger partial charge in [-0.2, -0.15) is 0 Å². The first kappa shape index (κ1) is 14.4. The number of nitro benzene ring substituents is 1. The lowest BCUT2D eigenvalue weighted by molar-refractivity contribution is -0.385. The molecule has 0 spiro atoms. The SMILES string of the molecule is CCC(Br)C(C)c1cc2nc(C)sc2cc1[N+](=O)[O-]. The zero-order valence-electron chi connectivity index (χ0n) is 11.0. The number of benzene rings is 1. The summed E-state index contributed by atoms with van der Waals surface area (Å²) in [6.07, 6.45) is 0.923. The highest BCUT2D eigenvalue weighted by Gasteiger charge is 2.25. The summed E-state index contributed by atoms with van der Waals surface area (Å²) in [5.74, 6) is 0.0804. The monoisotopic (exact) mass is 342 g/mol. The van der Waals surface area contributed by atoms with Crippen molar-refractivity contribution in [3.63, 3.8) is 0 Å². The number of nitro groups is 1. The molecular formula is C13H15BrN2O2S. The van der Waals surface area contributed by atoms with E-state index in [4.69, 9.17) is 0 Å². The van der Waals surface area contributed by atoms with E-state index in [9.17, 15) is 10.1 Å². The minimum absolute atomic E-state index is 0.0804. The van der Waals surface area contributed by atoms with E-state index in [1.807, 2.05) is 19.9 Å². The maximum Gasteiger partial charge on any atom is 0.274 e. The summed E-state index contributed by atoms with van der Waals surface area (Å²) in [6, 6.07) is 3.52. The van der Waals surface area contributed by atoms with Crippen LogP contribution < -0.4 is 0 Å². The molecule has 1 aromatic carbocycles. The molecule has 1 aromatic heterocycles. The van der Waals surface area contributed by atoms with Crippen molar-refractivity contribution in [2.75, 3.05) is 0 Å². The molecule has 2 atom stereocenters. The van der Waals surface area contributed by atoms with Gasteiger partial charge >= 0.3 is 0 Å². The highest BCUT2D eigenvalue weighted by molar-refractivity contribution is 9.09. The number of halogens is 1. The summed E-state index contributed by atoms with van der Waals surface area (Å²) < 4.78 is 0.878.